The second-order valence-electron chi connectivity index (χ2n) is 5.33. The Morgan fingerprint density at radius 1 is 1.12 bits per heavy atom. The minimum absolute atomic E-state index is 0.0340. The molecule has 3 aromatic rings. The lowest BCUT2D eigenvalue weighted by atomic mass is 10.2. The Kier molecular flexibility index (Phi) is 4.18. The lowest BCUT2D eigenvalue weighted by Gasteiger charge is -2.14. The highest BCUT2D eigenvalue weighted by atomic mass is 35.5. The van der Waals surface area contributed by atoms with E-state index in [0.717, 1.165) is 7.05 Å². The molecule has 12 heteroatoms. The molecule has 0 saturated carbocycles. The second-order valence-corrected chi connectivity index (χ2v) is 5.74. The molecule has 0 aliphatic heterocycles. The van der Waals surface area contributed by atoms with Crippen LogP contribution in [0.5, 0.6) is 0 Å². The van der Waals surface area contributed by atoms with E-state index in [-0.39, 0.29) is 16.5 Å². The smallest absolute Gasteiger partial charge is 0.292 e. The molecule has 0 aliphatic rings. The van der Waals surface area contributed by atoms with Crippen LogP contribution in [0.4, 0.5) is 13.2 Å². The van der Waals surface area contributed by atoms with Crippen LogP contribution in [-0.4, -0.2) is 29.3 Å². The average molecular weight is 387 g/mol. The van der Waals surface area contributed by atoms with Gasteiger partial charge in [-0.25, -0.2) is 14.0 Å². The van der Waals surface area contributed by atoms with Crippen molar-refractivity contribution >= 4 is 11.6 Å². The van der Waals surface area contributed by atoms with Gasteiger partial charge in [0.15, 0.2) is 5.82 Å². The van der Waals surface area contributed by atoms with E-state index in [1.54, 1.807) is 7.05 Å². The lowest BCUT2D eigenvalue weighted by Crippen LogP contribution is -2.40. The zero-order valence-corrected chi connectivity index (χ0v) is 14.1. The van der Waals surface area contributed by atoms with E-state index in [0.29, 0.717) is 20.8 Å². The lowest BCUT2D eigenvalue weighted by molar-refractivity contribution is -0.144. The number of aryl methyl sites for hydroxylation is 1. The van der Waals surface area contributed by atoms with Crippen LogP contribution in [0.1, 0.15) is 5.69 Å². The Balaban J connectivity index is 2.26. The zero-order chi connectivity index (χ0) is 19.2. The molecule has 0 bridgehead atoms. The summed E-state index contributed by atoms with van der Waals surface area (Å²) in [5, 5.41) is 11.2. The van der Waals surface area contributed by atoms with Crippen molar-refractivity contribution in [3.63, 3.8) is 0 Å². The van der Waals surface area contributed by atoms with Crippen molar-refractivity contribution in [3.8, 4) is 17.1 Å². The van der Waals surface area contributed by atoms with Gasteiger partial charge in [-0.05, 0) is 28.6 Å². The van der Waals surface area contributed by atoms with Crippen LogP contribution in [0.2, 0.25) is 5.02 Å². The molecule has 0 atom stereocenters. The zero-order valence-electron chi connectivity index (χ0n) is 13.3. The van der Waals surface area contributed by atoms with E-state index in [2.05, 4.69) is 15.5 Å². The summed E-state index contributed by atoms with van der Waals surface area (Å²) in [6.45, 7) is 0. The molecule has 136 valence electrons. The average Bonchev–Trinajstić information content (AvgIpc) is 2.97. The molecule has 2 aromatic heterocycles. The predicted octanol–water partition coefficient (Wildman–Crippen LogP) is 1.40. The number of hydrogen-bond acceptors (Lipinski definition) is 5. The van der Waals surface area contributed by atoms with Gasteiger partial charge < -0.3 is 0 Å². The van der Waals surface area contributed by atoms with Crippen LogP contribution >= 0.6 is 11.6 Å². The fourth-order valence-corrected chi connectivity index (χ4v) is 2.62. The van der Waals surface area contributed by atoms with Crippen LogP contribution in [0.15, 0.2) is 33.9 Å². The first-order valence-corrected chi connectivity index (χ1v) is 7.42. The Bertz CT molecular complexity index is 1120. The van der Waals surface area contributed by atoms with Crippen molar-refractivity contribution < 1.29 is 13.2 Å². The maximum Gasteiger partial charge on any atom is 0.431 e. The Hall–Kier alpha value is -2.95. The molecule has 8 nitrogen and oxygen atoms in total. The van der Waals surface area contributed by atoms with Crippen molar-refractivity contribution in [1.29, 1.82) is 0 Å². The van der Waals surface area contributed by atoms with Gasteiger partial charge in [0.1, 0.15) is 5.69 Å². The van der Waals surface area contributed by atoms with E-state index in [1.165, 1.54) is 22.9 Å². The maximum atomic E-state index is 12.9. The third-order valence-electron chi connectivity index (χ3n) is 3.68. The monoisotopic (exact) mass is 386 g/mol. The van der Waals surface area contributed by atoms with Crippen molar-refractivity contribution in [2.24, 2.45) is 14.1 Å². The highest BCUT2D eigenvalue weighted by Gasteiger charge is 2.35. The van der Waals surface area contributed by atoms with Gasteiger partial charge in [-0.2, -0.15) is 13.2 Å². The molecule has 2 heterocycles. The van der Waals surface area contributed by atoms with E-state index >= 15 is 0 Å². The van der Waals surface area contributed by atoms with Crippen LogP contribution in [0, 0.1) is 0 Å². The van der Waals surface area contributed by atoms with Crippen molar-refractivity contribution in [3.05, 3.63) is 55.8 Å². The highest BCUT2D eigenvalue weighted by Crippen LogP contribution is 2.28. The number of benzene rings is 1. The van der Waals surface area contributed by atoms with Crippen LogP contribution in [0.3, 0.4) is 0 Å². The van der Waals surface area contributed by atoms with Gasteiger partial charge in [-0.15, -0.1) is 5.10 Å². The molecule has 0 N–H and O–H groups in total. The number of tetrazole rings is 1. The van der Waals surface area contributed by atoms with Gasteiger partial charge in [0.25, 0.3) is 5.56 Å². The van der Waals surface area contributed by atoms with Gasteiger partial charge in [0.05, 0.1) is 10.7 Å². The summed E-state index contributed by atoms with van der Waals surface area (Å²) in [6, 6.07) is 4.44. The van der Waals surface area contributed by atoms with Gasteiger partial charge in [-0.3, -0.25) is 9.36 Å². The van der Waals surface area contributed by atoms with E-state index in [4.69, 9.17) is 11.6 Å². The Morgan fingerprint density at radius 3 is 2.38 bits per heavy atom. The number of alkyl halides is 3. The fraction of sp³-hybridized carbons (Fsp3) is 0.214. The normalized spacial score (nSPS) is 11.8. The Labute approximate surface area is 148 Å². The van der Waals surface area contributed by atoms with Crippen LogP contribution < -0.4 is 11.2 Å². The maximum absolute atomic E-state index is 12.9. The molecule has 1 aromatic carbocycles. The molecule has 0 unspecified atom stereocenters. The highest BCUT2D eigenvalue weighted by molar-refractivity contribution is 6.33. The molecule has 0 fully saturated rings. The van der Waals surface area contributed by atoms with Crippen LogP contribution in [-0.2, 0) is 20.3 Å². The summed E-state index contributed by atoms with van der Waals surface area (Å²) >= 11 is 6.11. The largest absolute Gasteiger partial charge is 0.431 e. The second kappa shape index (κ2) is 6.09. The van der Waals surface area contributed by atoms with Crippen molar-refractivity contribution in [1.82, 2.24) is 29.3 Å². The molecule has 0 radical (unpaired) electrons. The predicted molar refractivity (Wildman–Crippen MR) is 85.1 cm³/mol. The van der Waals surface area contributed by atoms with Gasteiger partial charge in [-0.1, -0.05) is 11.6 Å². The molecule has 0 amide bonds. The van der Waals surface area contributed by atoms with E-state index < -0.39 is 23.1 Å². The van der Waals surface area contributed by atoms with Gasteiger partial charge in [0.2, 0.25) is 0 Å². The summed E-state index contributed by atoms with van der Waals surface area (Å²) in [7, 11) is 2.49. The first kappa shape index (κ1) is 17.9. The van der Waals surface area contributed by atoms with Crippen molar-refractivity contribution in [2.45, 2.75) is 6.18 Å². The minimum Gasteiger partial charge on any atom is -0.292 e. The first-order chi connectivity index (χ1) is 12.1. The molecule has 3 rings (SSSR count). The van der Waals surface area contributed by atoms with E-state index in [1.807, 2.05) is 0 Å². The van der Waals surface area contributed by atoms with Crippen molar-refractivity contribution in [2.75, 3.05) is 0 Å². The molecule has 0 aliphatic carbocycles. The summed E-state index contributed by atoms with van der Waals surface area (Å²) in [5.41, 5.74) is -3.26. The molecule has 0 spiro atoms. The SMILES string of the molecule is Cn1nnnc1-c1cc(-n2c(=O)cc(C(F)(F)F)n(C)c2=O)ccc1Cl. The number of aromatic nitrogens is 6. The summed E-state index contributed by atoms with van der Waals surface area (Å²) in [5.74, 6) is 0.258. The number of hydrogen-bond donors (Lipinski definition) is 0. The molecular formula is C14H10ClF3N6O2. The van der Waals surface area contributed by atoms with Gasteiger partial charge in [0, 0.05) is 25.7 Å². The van der Waals surface area contributed by atoms with Gasteiger partial charge >= 0.3 is 11.9 Å². The third-order valence-corrected chi connectivity index (χ3v) is 4.01. The number of nitrogens with zero attached hydrogens (tertiary/aromatic N) is 6. The molecular weight excluding hydrogens is 377 g/mol. The first-order valence-electron chi connectivity index (χ1n) is 7.04. The molecule has 26 heavy (non-hydrogen) atoms. The summed E-state index contributed by atoms with van der Waals surface area (Å²) in [6.07, 6.45) is -4.83. The summed E-state index contributed by atoms with van der Waals surface area (Å²) < 4.78 is 41.1. The molecule has 0 saturated heterocycles. The van der Waals surface area contributed by atoms with Crippen LogP contribution in [0.25, 0.3) is 17.1 Å². The standard InChI is InChI=1S/C14H10ClF3N6O2/c1-22-10(14(16,17)18)6-11(25)24(13(22)26)7-3-4-9(15)8(5-7)12-19-20-21-23(12)2/h3-6H,1-2H3. The fourth-order valence-electron chi connectivity index (χ4n) is 2.42. The third kappa shape index (κ3) is 2.90. The minimum atomic E-state index is -4.83. The summed E-state index contributed by atoms with van der Waals surface area (Å²) in [4.78, 5) is 24.5. The topological polar surface area (TPSA) is 87.6 Å². The quantitative estimate of drug-likeness (QED) is 0.664. The Morgan fingerprint density at radius 2 is 1.81 bits per heavy atom. The van der Waals surface area contributed by atoms with E-state index in [9.17, 15) is 22.8 Å². The number of rotatable bonds is 2. The number of halogens is 4.